The van der Waals surface area contributed by atoms with E-state index in [0.717, 1.165) is 16.7 Å². The molecule has 0 aliphatic carbocycles. The Bertz CT molecular complexity index is 903. The molecule has 0 bridgehead atoms. The van der Waals surface area contributed by atoms with Crippen LogP contribution in [0, 0.1) is 26.6 Å². The van der Waals surface area contributed by atoms with Gasteiger partial charge in [0.05, 0.1) is 13.0 Å². The summed E-state index contributed by atoms with van der Waals surface area (Å²) in [5.74, 6) is -2.48. The van der Waals surface area contributed by atoms with Crippen LogP contribution in [0.5, 0.6) is 0 Å². The van der Waals surface area contributed by atoms with Gasteiger partial charge in [0.1, 0.15) is 5.82 Å². The third-order valence-corrected chi connectivity index (χ3v) is 4.49. The van der Waals surface area contributed by atoms with Gasteiger partial charge in [-0.05, 0) is 44.0 Å². The Morgan fingerprint density at radius 2 is 1.72 bits per heavy atom. The van der Waals surface area contributed by atoms with E-state index in [1.54, 1.807) is 0 Å². The van der Waals surface area contributed by atoms with Crippen LogP contribution in [0.15, 0.2) is 30.3 Å². The molecule has 0 saturated heterocycles. The van der Waals surface area contributed by atoms with Crippen LogP contribution in [0.4, 0.5) is 10.1 Å². The molecule has 0 spiro atoms. The van der Waals surface area contributed by atoms with Crippen molar-refractivity contribution in [1.82, 2.24) is 5.32 Å². The molecule has 8 heteroatoms. The SMILES string of the molecule is Cc1cc(C)c(NC(=O)CNC(=O)COC(=O)Cc2c(F)cccc2Cl)c(C)c1. The van der Waals surface area contributed by atoms with Crippen LogP contribution in [-0.4, -0.2) is 30.9 Å². The smallest absolute Gasteiger partial charge is 0.310 e. The number of hydrogen-bond donors (Lipinski definition) is 2. The molecular weight excluding hydrogens is 399 g/mol. The highest BCUT2D eigenvalue weighted by Crippen LogP contribution is 2.22. The molecule has 0 aromatic heterocycles. The van der Waals surface area contributed by atoms with Crippen molar-refractivity contribution in [3.05, 3.63) is 63.4 Å². The van der Waals surface area contributed by atoms with E-state index in [2.05, 4.69) is 10.6 Å². The lowest BCUT2D eigenvalue weighted by molar-refractivity contribution is -0.147. The second-order valence-corrected chi connectivity index (χ2v) is 7.04. The molecule has 0 heterocycles. The first kappa shape index (κ1) is 22.4. The predicted molar refractivity (Wildman–Crippen MR) is 108 cm³/mol. The number of hydrogen-bond acceptors (Lipinski definition) is 4. The number of amides is 2. The Morgan fingerprint density at radius 1 is 1.07 bits per heavy atom. The van der Waals surface area contributed by atoms with Gasteiger partial charge in [-0.15, -0.1) is 0 Å². The summed E-state index contributed by atoms with van der Waals surface area (Å²) < 4.78 is 18.5. The van der Waals surface area contributed by atoms with Crippen LogP contribution in [-0.2, 0) is 25.5 Å². The largest absolute Gasteiger partial charge is 0.455 e. The summed E-state index contributed by atoms with van der Waals surface area (Å²) >= 11 is 5.85. The molecule has 0 atom stereocenters. The molecule has 0 aliphatic rings. The molecule has 6 nitrogen and oxygen atoms in total. The van der Waals surface area contributed by atoms with Crippen LogP contribution >= 0.6 is 11.6 Å². The Kier molecular flexibility index (Phi) is 7.73. The number of nitrogens with one attached hydrogen (secondary N) is 2. The minimum absolute atomic E-state index is 0.00258. The van der Waals surface area contributed by atoms with Crippen molar-refractivity contribution < 1.29 is 23.5 Å². The Labute approximate surface area is 173 Å². The minimum Gasteiger partial charge on any atom is -0.455 e. The zero-order valence-electron chi connectivity index (χ0n) is 16.4. The number of benzene rings is 2. The molecule has 2 rings (SSSR count). The third-order valence-electron chi connectivity index (χ3n) is 4.13. The predicted octanol–water partition coefficient (Wildman–Crippen LogP) is 3.24. The first-order chi connectivity index (χ1) is 13.7. The first-order valence-electron chi connectivity index (χ1n) is 8.90. The topological polar surface area (TPSA) is 84.5 Å². The van der Waals surface area contributed by atoms with Crippen molar-refractivity contribution in [1.29, 1.82) is 0 Å². The van der Waals surface area contributed by atoms with Crippen LogP contribution in [0.1, 0.15) is 22.3 Å². The number of esters is 1. The van der Waals surface area contributed by atoms with Crippen LogP contribution in [0.2, 0.25) is 5.02 Å². The highest BCUT2D eigenvalue weighted by Gasteiger charge is 2.15. The Morgan fingerprint density at radius 3 is 2.34 bits per heavy atom. The molecule has 0 aliphatic heterocycles. The number of carbonyl (C=O) groups excluding carboxylic acids is 3. The minimum atomic E-state index is -0.803. The van der Waals surface area contributed by atoms with E-state index in [0.29, 0.717) is 5.69 Å². The molecule has 2 amide bonds. The van der Waals surface area contributed by atoms with E-state index >= 15 is 0 Å². The Hall–Kier alpha value is -2.93. The fraction of sp³-hybridized carbons (Fsp3) is 0.286. The first-order valence-corrected chi connectivity index (χ1v) is 9.28. The molecule has 29 heavy (non-hydrogen) atoms. The van der Waals surface area contributed by atoms with Gasteiger partial charge >= 0.3 is 5.97 Å². The number of ether oxygens (including phenoxy) is 1. The average Bonchev–Trinajstić information content (AvgIpc) is 2.64. The molecular formula is C21H22ClFN2O4. The fourth-order valence-corrected chi connectivity index (χ4v) is 3.06. The van der Waals surface area contributed by atoms with E-state index in [1.165, 1.54) is 18.2 Å². The highest BCUT2D eigenvalue weighted by atomic mass is 35.5. The summed E-state index contributed by atoms with van der Waals surface area (Å²) in [5, 5.41) is 5.22. The molecule has 0 radical (unpaired) electrons. The summed E-state index contributed by atoms with van der Waals surface area (Å²) in [6.45, 7) is 4.88. The van der Waals surface area contributed by atoms with E-state index in [1.807, 2.05) is 32.9 Å². The summed E-state index contributed by atoms with van der Waals surface area (Å²) in [6, 6.07) is 7.95. The quantitative estimate of drug-likeness (QED) is 0.673. The maximum atomic E-state index is 13.7. The maximum absolute atomic E-state index is 13.7. The van der Waals surface area contributed by atoms with E-state index in [4.69, 9.17) is 16.3 Å². The van der Waals surface area contributed by atoms with Crippen molar-refractivity contribution >= 4 is 35.1 Å². The van der Waals surface area contributed by atoms with Gasteiger partial charge in [0.25, 0.3) is 5.91 Å². The zero-order chi connectivity index (χ0) is 21.6. The van der Waals surface area contributed by atoms with Gasteiger partial charge in [0, 0.05) is 16.3 Å². The van der Waals surface area contributed by atoms with Gasteiger partial charge < -0.3 is 15.4 Å². The van der Waals surface area contributed by atoms with Gasteiger partial charge in [-0.3, -0.25) is 14.4 Å². The number of anilines is 1. The van der Waals surface area contributed by atoms with Crippen molar-refractivity contribution in [2.24, 2.45) is 0 Å². The van der Waals surface area contributed by atoms with Crippen LogP contribution in [0.3, 0.4) is 0 Å². The Balaban J connectivity index is 1.78. The zero-order valence-corrected chi connectivity index (χ0v) is 17.2. The van der Waals surface area contributed by atoms with E-state index in [-0.39, 0.29) is 17.1 Å². The van der Waals surface area contributed by atoms with E-state index in [9.17, 15) is 18.8 Å². The number of carbonyl (C=O) groups is 3. The molecule has 2 aromatic carbocycles. The molecule has 2 aromatic rings. The van der Waals surface area contributed by atoms with Gasteiger partial charge in [0.2, 0.25) is 5.91 Å². The lowest BCUT2D eigenvalue weighted by atomic mass is 10.1. The molecule has 154 valence electrons. The molecule has 2 N–H and O–H groups in total. The number of aryl methyl sites for hydroxylation is 3. The van der Waals surface area contributed by atoms with Crippen molar-refractivity contribution in [3.63, 3.8) is 0 Å². The number of rotatable bonds is 7. The third kappa shape index (κ3) is 6.57. The van der Waals surface area contributed by atoms with Gasteiger partial charge in [-0.2, -0.15) is 0 Å². The molecule has 0 fully saturated rings. The number of halogens is 2. The monoisotopic (exact) mass is 420 g/mol. The second-order valence-electron chi connectivity index (χ2n) is 6.64. The lowest BCUT2D eigenvalue weighted by Gasteiger charge is -2.13. The summed E-state index contributed by atoms with van der Waals surface area (Å²) in [4.78, 5) is 35.7. The van der Waals surface area contributed by atoms with Crippen molar-refractivity contribution in [2.75, 3.05) is 18.5 Å². The van der Waals surface area contributed by atoms with Crippen molar-refractivity contribution in [3.8, 4) is 0 Å². The molecule has 0 saturated carbocycles. The summed E-state index contributed by atoms with van der Waals surface area (Å²) in [5.41, 5.74) is 3.63. The van der Waals surface area contributed by atoms with Crippen molar-refractivity contribution in [2.45, 2.75) is 27.2 Å². The molecule has 0 unspecified atom stereocenters. The summed E-state index contributed by atoms with van der Waals surface area (Å²) in [6.07, 6.45) is -0.398. The average molecular weight is 421 g/mol. The van der Waals surface area contributed by atoms with Crippen LogP contribution < -0.4 is 10.6 Å². The summed E-state index contributed by atoms with van der Waals surface area (Å²) in [7, 11) is 0. The second kappa shape index (κ2) is 10.0. The van der Waals surface area contributed by atoms with Gasteiger partial charge in [-0.25, -0.2) is 4.39 Å². The highest BCUT2D eigenvalue weighted by molar-refractivity contribution is 6.31. The van der Waals surface area contributed by atoms with Gasteiger partial charge in [-0.1, -0.05) is 35.4 Å². The maximum Gasteiger partial charge on any atom is 0.310 e. The van der Waals surface area contributed by atoms with E-state index < -0.39 is 36.6 Å². The van der Waals surface area contributed by atoms with Crippen LogP contribution in [0.25, 0.3) is 0 Å². The fourth-order valence-electron chi connectivity index (χ4n) is 2.83. The normalized spacial score (nSPS) is 10.4. The lowest BCUT2D eigenvalue weighted by Crippen LogP contribution is -2.36. The van der Waals surface area contributed by atoms with Gasteiger partial charge in [0.15, 0.2) is 6.61 Å². The standard InChI is InChI=1S/C21H22ClFN2O4/c1-12-7-13(2)21(14(3)8-12)25-18(26)10-24-19(27)11-29-20(28)9-15-16(22)5-4-6-17(15)23/h4-8H,9-11H2,1-3H3,(H,24,27)(H,25,26).